The summed E-state index contributed by atoms with van der Waals surface area (Å²) in [6, 6.07) is 3.85. The number of amides is 3. The van der Waals surface area contributed by atoms with Gasteiger partial charge in [0.2, 0.25) is 0 Å². The van der Waals surface area contributed by atoms with Gasteiger partial charge < -0.3 is 5.32 Å². The lowest BCUT2D eigenvalue weighted by Crippen LogP contribution is -2.42. The van der Waals surface area contributed by atoms with E-state index in [4.69, 9.17) is 0 Å². The maximum absolute atomic E-state index is 12.9. The number of carbonyl (C=O) groups excluding carboxylic acids is 2. The molecule has 4 nitrogen and oxygen atoms in total. The van der Waals surface area contributed by atoms with E-state index in [0.29, 0.717) is 0 Å². The van der Waals surface area contributed by atoms with Crippen LogP contribution in [0.15, 0.2) is 24.3 Å². The van der Waals surface area contributed by atoms with Crippen LogP contribution in [0, 0.1) is 0 Å². The normalized spacial score (nSPS) is 23.8. The maximum Gasteiger partial charge on any atom is 0.416 e. The van der Waals surface area contributed by atoms with Crippen LogP contribution in [0.5, 0.6) is 0 Å². The Kier molecular flexibility index (Phi) is 2.57. The highest BCUT2D eigenvalue weighted by molar-refractivity contribution is 6.07. The van der Waals surface area contributed by atoms with Crippen molar-refractivity contribution < 1.29 is 22.8 Å². The van der Waals surface area contributed by atoms with Gasteiger partial charge in [-0.05, 0) is 18.6 Å². The Morgan fingerprint density at radius 2 is 1.78 bits per heavy atom. The molecule has 0 spiro atoms. The lowest BCUT2D eigenvalue weighted by atomic mass is 9.88. The van der Waals surface area contributed by atoms with E-state index in [-0.39, 0.29) is 5.56 Å². The van der Waals surface area contributed by atoms with Crippen LogP contribution in [-0.2, 0) is 16.5 Å². The Morgan fingerprint density at radius 1 is 1.17 bits per heavy atom. The average Bonchev–Trinajstić information content (AvgIpc) is 2.52. The van der Waals surface area contributed by atoms with Gasteiger partial charge in [-0.1, -0.05) is 18.2 Å². The zero-order valence-corrected chi connectivity index (χ0v) is 9.26. The van der Waals surface area contributed by atoms with Gasteiger partial charge in [-0.15, -0.1) is 0 Å². The first-order valence-corrected chi connectivity index (χ1v) is 5.05. The summed E-state index contributed by atoms with van der Waals surface area (Å²) in [6.45, 7) is 1.23. The first kappa shape index (κ1) is 12.4. The summed E-state index contributed by atoms with van der Waals surface area (Å²) in [5, 5.41) is 4.14. The molecule has 18 heavy (non-hydrogen) atoms. The van der Waals surface area contributed by atoms with Crippen molar-refractivity contribution in [2.24, 2.45) is 0 Å². The van der Waals surface area contributed by atoms with Crippen LogP contribution < -0.4 is 10.6 Å². The molecule has 0 aliphatic carbocycles. The number of nitrogens with one attached hydrogen (secondary N) is 2. The van der Waals surface area contributed by atoms with Gasteiger partial charge in [-0.3, -0.25) is 10.1 Å². The number of imide groups is 1. The van der Waals surface area contributed by atoms with Crippen molar-refractivity contribution in [2.75, 3.05) is 0 Å². The number of carbonyl (C=O) groups is 2. The highest BCUT2D eigenvalue weighted by atomic mass is 19.4. The van der Waals surface area contributed by atoms with Crippen molar-refractivity contribution in [3.8, 4) is 0 Å². The lowest BCUT2D eigenvalue weighted by molar-refractivity contribution is -0.139. The molecule has 2 rings (SSSR count). The molecule has 1 aliphatic heterocycles. The molecule has 1 aromatic rings. The Hall–Kier alpha value is -2.05. The highest BCUT2D eigenvalue weighted by Gasteiger charge is 2.48. The summed E-state index contributed by atoms with van der Waals surface area (Å²) in [5.74, 6) is -0.802. The van der Waals surface area contributed by atoms with E-state index < -0.39 is 29.2 Å². The van der Waals surface area contributed by atoms with Crippen LogP contribution in [0.25, 0.3) is 0 Å². The summed E-state index contributed by atoms with van der Waals surface area (Å²) in [6.07, 6.45) is -4.59. The molecular formula is C11H9F3N2O2. The fourth-order valence-electron chi connectivity index (χ4n) is 1.90. The molecule has 1 aromatic carbocycles. The van der Waals surface area contributed by atoms with E-state index in [2.05, 4.69) is 5.32 Å². The number of halogens is 3. The SMILES string of the molecule is CC1(c2ccccc2C(F)(F)F)NC(=O)NC1=O. The fraction of sp³-hybridized carbons (Fsp3) is 0.273. The monoisotopic (exact) mass is 258 g/mol. The molecule has 0 aromatic heterocycles. The van der Waals surface area contributed by atoms with Crippen molar-refractivity contribution >= 4 is 11.9 Å². The number of rotatable bonds is 1. The van der Waals surface area contributed by atoms with Gasteiger partial charge >= 0.3 is 12.2 Å². The van der Waals surface area contributed by atoms with Crippen LogP contribution >= 0.6 is 0 Å². The molecule has 0 saturated carbocycles. The molecule has 1 aliphatic rings. The summed E-state index contributed by atoms with van der Waals surface area (Å²) >= 11 is 0. The fourth-order valence-corrected chi connectivity index (χ4v) is 1.90. The second kappa shape index (κ2) is 3.72. The predicted molar refractivity (Wildman–Crippen MR) is 55.5 cm³/mol. The van der Waals surface area contributed by atoms with E-state index in [9.17, 15) is 22.8 Å². The molecule has 1 heterocycles. The first-order chi connectivity index (χ1) is 8.25. The summed E-state index contributed by atoms with van der Waals surface area (Å²) < 4.78 is 38.6. The van der Waals surface area contributed by atoms with Crippen LogP contribution in [0.2, 0.25) is 0 Å². The highest BCUT2D eigenvalue weighted by Crippen LogP contribution is 2.37. The molecule has 1 atom stereocenters. The standard InChI is InChI=1S/C11H9F3N2O2/c1-10(8(17)15-9(18)16-10)6-4-2-3-5-7(6)11(12,13)14/h2-5H,1H3,(H2,15,16,17,18). The zero-order chi connectivity index (χ0) is 13.6. The van der Waals surface area contributed by atoms with Gasteiger partial charge in [0.1, 0.15) is 5.54 Å². The smallest absolute Gasteiger partial charge is 0.320 e. The van der Waals surface area contributed by atoms with E-state index in [1.807, 2.05) is 5.32 Å². The van der Waals surface area contributed by atoms with Gasteiger partial charge in [0.15, 0.2) is 0 Å². The van der Waals surface area contributed by atoms with E-state index in [1.54, 1.807) is 0 Å². The largest absolute Gasteiger partial charge is 0.416 e. The van der Waals surface area contributed by atoms with Crippen LogP contribution in [0.1, 0.15) is 18.1 Å². The quantitative estimate of drug-likeness (QED) is 0.754. The molecule has 1 unspecified atom stereocenters. The van der Waals surface area contributed by atoms with Gasteiger partial charge in [0, 0.05) is 0 Å². The number of alkyl halides is 3. The van der Waals surface area contributed by atoms with Crippen LogP contribution in [-0.4, -0.2) is 11.9 Å². The number of urea groups is 1. The molecule has 7 heteroatoms. The van der Waals surface area contributed by atoms with Gasteiger partial charge in [-0.2, -0.15) is 13.2 Å². The van der Waals surface area contributed by atoms with Crippen LogP contribution in [0.3, 0.4) is 0 Å². The Morgan fingerprint density at radius 3 is 2.28 bits per heavy atom. The topological polar surface area (TPSA) is 58.2 Å². The minimum atomic E-state index is -4.59. The molecule has 2 N–H and O–H groups in total. The first-order valence-electron chi connectivity index (χ1n) is 5.05. The molecule has 1 fully saturated rings. The van der Waals surface area contributed by atoms with Crippen molar-refractivity contribution in [3.05, 3.63) is 35.4 Å². The Balaban J connectivity index is 2.59. The van der Waals surface area contributed by atoms with E-state index >= 15 is 0 Å². The second-order valence-electron chi connectivity index (χ2n) is 4.08. The minimum absolute atomic E-state index is 0.277. The van der Waals surface area contributed by atoms with Gasteiger partial charge in [0.05, 0.1) is 5.56 Å². The summed E-state index contributed by atoms with van der Waals surface area (Å²) in [7, 11) is 0. The molecule has 0 bridgehead atoms. The maximum atomic E-state index is 12.9. The third-order valence-electron chi connectivity index (χ3n) is 2.82. The van der Waals surface area contributed by atoms with Gasteiger partial charge in [-0.25, -0.2) is 4.79 Å². The third-order valence-corrected chi connectivity index (χ3v) is 2.82. The van der Waals surface area contributed by atoms with E-state index in [1.165, 1.54) is 25.1 Å². The molecule has 96 valence electrons. The third kappa shape index (κ3) is 1.81. The zero-order valence-electron chi connectivity index (χ0n) is 9.26. The molecular weight excluding hydrogens is 249 g/mol. The predicted octanol–water partition coefficient (Wildman–Crippen LogP) is 1.76. The Bertz CT molecular complexity index is 527. The van der Waals surface area contributed by atoms with Crippen molar-refractivity contribution in [1.29, 1.82) is 0 Å². The van der Waals surface area contributed by atoms with Crippen molar-refractivity contribution in [3.63, 3.8) is 0 Å². The van der Waals surface area contributed by atoms with Crippen molar-refractivity contribution in [1.82, 2.24) is 10.6 Å². The van der Waals surface area contributed by atoms with E-state index in [0.717, 1.165) is 6.07 Å². The van der Waals surface area contributed by atoms with Gasteiger partial charge in [0.25, 0.3) is 5.91 Å². The number of hydrogen-bond acceptors (Lipinski definition) is 2. The molecule has 0 radical (unpaired) electrons. The summed E-state index contributed by atoms with van der Waals surface area (Å²) in [4.78, 5) is 22.7. The minimum Gasteiger partial charge on any atom is -0.320 e. The number of benzene rings is 1. The van der Waals surface area contributed by atoms with Crippen LogP contribution in [0.4, 0.5) is 18.0 Å². The second-order valence-corrected chi connectivity index (χ2v) is 4.08. The van der Waals surface area contributed by atoms with Crippen molar-refractivity contribution in [2.45, 2.75) is 18.6 Å². The lowest BCUT2D eigenvalue weighted by Gasteiger charge is -2.24. The molecule has 1 saturated heterocycles. The molecule has 3 amide bonds. The number of hydrogen-bond donors (Lipinski definition) is 2. The average molecular weight is 258 g/mol. The Labute approximate surface area is 100 Å². The summed E-state index contributed by atoms with van der Waals surface area (Å²) in [5.41, 5.74) is -2.92.